The fourth-order valence-electron chi connectivity index (χ4n) is 3.17. The van der Waals surface area contributed by atoms with Crippen molar-refractivity contribution in [2.24, 2.45) is 0 Å². The average Bonchev–Trinajstić information content (AvgIpc) is 3.15. The van der Waals surface area contributed by atoms with Crippen LogP contribution in [-0.4, -0.2) is 34.8 Å². The van der Waals surface area contributed by atoms with Crippen LogP contribution in [0.1, 0.15) is 16.2 Å². The first-order chi connectivity index (χ1) is 14.0. The Bertz CT molecular complexity index is 1120. The monoisotopic (exact) mass is 389 g/mol. The summed E-state index contributed by atoms with van der Waals surface area (Å²) in [4.78, 5) is 38.3. The summed E-state index contributed by atoms with van der Waals surface area (Å²) in [6.45, 7) is 2.96. The third-order valence-corrected chi connectivity index (χ3v) is 4.62. The van der Waals surface area contributed by atoms with Gasteiger partial charge in [-0.25, -0.2) is 9.48 Å². The molecule has 4 rings (SSSR count). The minimum atomic E-state index is -0.591. The lowest BCUT2D eigenvalue weighted by atomic mass is 10.2. The molecule has 3 amide bonds. The summed E-state index contributed by atoms with van der Waals surface area (Å²) in [6, 6.07) is 17.4. The number of benzene rings is 2. The summed E-state index contributed by atoms with van der Waals surface area (Å²) in [5.41, 5.74) is 1.99. The van der Waals surface area contributed by atoms with Gasteiger partial charge in [-0.3, -0.25) is 14.5 Å². The number of carbonyl (C=O) groups excluding carboxylic acids is 2. The zero-order valence-electron chi connectivity index (χ0n) is 15.8. The Balaban J connectivity index is 1.57. The van der Waals surface area contributed by atoms with Crippen LogP contribution in [0, 0.1) is 6.92 Å². The van der Waals surface area contributed by atoms with Crippen molar-refractivity contribution in [2.75, 3.05) is 23.3 Å². The van der Waals surface area contributed by atoms with Crippen LogP contribution in [0.25, 0.3) is 5.69 Å². The first kappa shape index (κ1) is 18.4. The Labute approximate surface area is 166 Å². The van der Waals surface area contributed by atoms with E-state index < -0.39 is 11.3 Å². The number of anilines is 2. The summed E-state index contributed by atoms with van der Waals surface area (Å²) in [6.07, 6.45) is 0. The van der Waals surface area contributed by atoms with Gasteiger partial charge in [0.15, 0.2) is 5.69 Å². The van der Waals surface area contributed by atoms with Crippen LogP contribution in [0.4, 0.5) is 16.2 Å². The number of hydrogen-bond donors (Lipinski definition) is 2. The molecule has 2 heterocycles. The second-order valence-electron chi connectivity index (χ2n) is 6.63. The maximum Gasteiger partial charge on any atom is 0.321 e. The van der Waals surface area contributed by atoms with Crippen LogP contribution < -0.4 is 21.0 Å². The second kappa shape index (κ2) is 7.59. The van der Waals surface area contributed by atoms with Gasteiger partial charge in [0.25, 0.3) is 5.91 Å². The number of nitrogens with one attached hydrogen (secondary N) is 2. The molecule has 0 radical (unpaired) electrons. The number of aromatic nitrogens is 2. The highest BCUT2D eigenvalue weighted by Crippen LogP contribution is 2.19. The van der Waals surface area contributed by atoms with E-state index in [4.69, 9.17) is 0 Å². The summed E-state index contributed by atoms with van der Waals surface area (Å²) in [5, 5.41) is 9.69. The number of aryl methyl sites for hydroxylation is 1. The molecule has 2 aromatic carbocycles. The number of rotatable bonds is 4. The van der Waals surface area contributed by atoms with Gasteiger partial charge in [0.1, 0.15) is 0 Å². The summed E-state index contributed by atoms with van der Waals surface area (Å²) in [5.74, 6) is -0.591. The third-order valence-electron chi connectivity index (χ3n) is 4.62. The van der Waals surface area contributed by atoms with E-state index in [0.29, 0.717) is 24.5 Å². The molecule has 1 aliphatic rings. The Morgan fingerprint density at radius 3 is 2.41 bits per heavy atom. The van der Waals surface area contributed by atoms with E-state index in [9.17, 15) is 14.4 Å². The average molecular weight is 389 g/mol. The maximum atomic E-state index is 12.7. The number of amides is 3. The first-order valence-electron chi connectivity index (χ1n) is 9.16. The molecule has 8 heteroatoms. The summed E-state index contributed by atoms with van der Waals surface area (Å²) >= 11 is 0. The quantitative estimate of drug-likeness (QED) is 0.716. The molecule has 0 unspecified atom stereocenters. The van der Waals surface area contributed by atoms with Gasteiger partial charge in [0.2, 0.25) is 5.43 Å². The molecule has 0 saturated carbocycles. The third kappa shape index (κ3) is 3.73. The molecule has 8 nitrogen and oxygen atoms in total. The Hall–Kier alpha value is -3.94. The van der Waals surface area contributed by atoms with E-state index in [2.05, 4.69) is 15.7 Å². The van der Waals surface area contributed by atoms with Crippen molar-refractivity contribution < 1.29 is 9.59 Å². The molecular formula is C21H19N5O3. The SMILES string of the molecule is Cc1cc(=O)c(C(=O)Nc2ccc(N3CCNC3=O)cc2)nn1-c1ccccc1. The molecule has 29 heavy (non-hydrogen) atoms. The molecule has 3 aromatic rings. The van der Waals surface area contributed by atoms with Crippen LogP contribution in [0.5, 0.6) is 0 Å². The molecular weight excluding hydrogens is 370 g/mol. The van der Waals surface area contributed by atoms with Gasteiger partial charge in [0.05, 0.1) is 5.69 Å². The smallest absolute Gasteiger partial charge is 0.321 e. The highest BCUT2D eigenvalue weighted by atomic mass is 16.2. The van der Waals surface area contributed by atoms with E-state index in [1.165, 1.54) is 6.07 Å². The number of urea groups is 1. The minimum absolute atomic E-state index is 0.146. The molecule has 0 bridgehead atoms. The van der Waals surface area contributed by atoms with Crippen molar-refractivity contribution in [1.29, 1.82) is 0 Å². The van der Waals surface area contributed by atoms with E-state index in [1.807, 2.05) is 30.3 Å². The number of para-hydroxylation sites is 1. The van der Waals surface area contributed by atoms with Crippen LogP contribution >= 0.6 is 0 Å². The van der Waals surface area contributed by atoms with Gasteiger partial charge in [-0.1, -0.05) is 18.2 Å². The lowest BCUT2D eigenvalue weighted by molar-refractivity contribution is 0.101. The lowest BCUT2D eigenvalue weighted by Gasteiger charge is -2.15. The number of hydrogen-bond acceptors (Lipinski definition) is 4. The van der Waals surface area contributed by atoms with Crippen LogP contribution in [0.3, 0.4) is 0 Å². The predicted molar refractivity (Wildman–Crippen MR) is 110 cm³/mol. The summed E-state index contributed by atoms with van der Waals surface area (Å²) in [7, 11) is 0. The van der Waals surface area contributed by atoms with Crippen molar-refractivity contribution in [2.45, 2.75) is 6.92 Å². The largest absolute Gasteiger partial charge is 0.336 e. The topological polar surface area (TPSA) is 96.3 Å². The van der Waals surface area contributed by atoms with Gasteiger partial charge in [0, 0.05) is 36.2 Å². The molecule has 2 N–H and O–H groups in total. The Morgan fingerprint density at radius 1 is 1.03 bits per heavy atom. The predicted octanol–water partition coefficient (Wildman–Crippen LogP) is 2.32. The van der Waals surface area contributed by atoms with E-state index in [0.717, 1.165) is 11.4 Å². The molecule has 0 spiro atoms. The molecule has 1 aromatic heterocycles. The summed E-state index contributed by atoms with van der Waals surface area (Å²) < 4.78 is 1.56. The molecule has 1 saturated heterocycles. The zero-order chi connectivity index (χ0) is 20.4. The van der Waals surface area contributed by atoms with Crippen molar-refractivity contribution in [3.63, 3.8) is 0 Å². The van der Waals surface area contributed by atoms with Crippen LogP contribution in [-0.2, 0) is 0 Å². The molecule has 0 atom stereocenters. The zero-order valence-corrected chi connectivity index (χ0v) is 15.8. The van der Waals surface area contributed by atoms with Crippen molar-refractivity contribution >= 4 is 23.3 Å². The molecule has 0 aliphatic carbocycles. The number of nitrogens with zero attached hydrogens (tertiary/aromatic N) is 3. The Kier molecular flexibility index (Phi) is 4.82. The van der Waals surface area contributed by atoms with E-state index in [-0.39, 0.29) is 11.7 Å². The fraction of sp³-hybridized carbons (Fsp3) is 0.143. The van der Waals surface area contributed by atoms with Crippen LogP contribution in [0.2, 0.25) is 0 Å². The lowest BCUT2D eigenvalue weighted by Crippen LogP contribution is -2.28. The maximum absolute atomic E-state index is 12.7. The highest BCUT2D eigenvalue weighted by Gasteiger charge is 2.21. The van der Waals surface area contributed by atoms with Crippen molar-refractivity contribution in [3.05, 3.63) is 82.3 Å². The van der Waals surface area contributed by atoms with Gasteiger partial charge in [-0.05, 0) is 43.3 Å². The van der Waals surface area contributed by atoms with Crippen molar-refractivity contribution in [1.82, 2.24) is 15.1 Å². The fourth-order valence-corrected chi connectivity index (χ4v) is 3.17. The molecule has 146 valence electrons. The second-order valence-corrected chi connectivity index (χ2v) is 6.63. The minimum Gasteiger partial charge on any atom is -0.336 e. The van der Waals surface area contributed by atoms with Crippen molar-refractivity contribution in [3.8, 4) is 5.69 Å². The molecule has 1 aliphatic heterocycles. The molecule has 1 fully saturated rings. The van der Waals surface area contributed by atoms with E-state index >= 15 is 0 Å². The van der Waals surface area contributed by atoms with Gasteiger partial charge < -0.3 is 10.6 Å². The van der Waals surface area contributed by atoms with Gasteiger partial charge >= 0.3 is 6.03 Å². The van der Waals surface area contributed by atoms with Crippen LogP contribution in [0.15, 0.2) is 65.5 Å². The number of carbonyl (C=O) groups is 2. The first-order valence-corrected chi connectivity index (χ1v) is 9.16. The standard InChI is InChI=1S/C21H19N5O3/c1-14-13-18(27)19(24-26(14)17-5-3-2-4-6-17)20(28)23-15-7-9-16(10-8-15)25-12-11-22-21(25)29/h2-10,13H,11-12H2,1H3,(H,22,29)(H,23,28). The van der Waals surface area contributed by atoms with E-state index in [1.54, 1.807) is 40.8 Å². The van der Waals surface area contributed by atoms with Gasteiger partial charge in [-0.15, -0.1) is 0 Å². The Morgan fingerprint density at radius 2 is 1.76 bits per heavy atom. The van der Waals surface area contributed by atoms with Gasteiger partial charge in [-0.2, -0.15) is 5.10 Å². The normalized spacial score (nSPS) is 13.3. The highest BCUT2D eigenvalue weighted by molar-refractivity contribution is 6.03.